The first kappa shape index (κ1) is 10.9. The van der Waals surface area contributed by atoms with E-state index >= 15 is 0 Å². The molecule has 0 unspecified atom stereocenters. The minimum absolute atomic E-state index is 0.0351. The summed E-state index contributed by atoms with van der Waals surface area (Å²) in [5, 5.41) is 0. The topological polar surface area (TPSA) is 83.8 Å². The molecule has 0 amide bonds. The minimum Gasteiger partial charge on any atom is -0.404 e. The Morgan fingerprint density at radius 1 is 1.36 bits per heavy atom. The van der Waals surface area contributed by atoms with Crippen LogP contribution >= 0.6 is 7.82 Å². The van der Waals surface area contributed by atoms with E-state index in [2.05, 4.69) is 4.52 Å². The highest BCUT2D eigenvalue weighted by atomic mass is 31.2. The van der Waals surface area contributed by atoms with Crippen LogP contribution in [0.2, 0.25) is 0 Å². The van der Waals surface area contributed by atoms with Crippen molar-refractivity contribution in [2.75, 3.05) is 0 Å². The second kappa shape index (κ2) is 4.37. The van der Waals surface area contributed by atoms with Gasteiger partial charge in [0.25, 0.3) is 0 Å². The molecule has 5 nitrogen and oxygen atoms in total. The Balaban J connectivity index is 2.95. The van der Waals surface area contributed by atoms with Crippen LogP contribution in [0, 0.1) is 0 Å². The van der Waals surface area contributed by atoms with Crippen LogP contribution in [-0.2, 0) is 15.8 Å². The van der Waals surface area contributed by atoms with Gasteiger partial charge in [0.2, 0.25) is 0 Å². The number of carbonyl (C=O) groups is 1. The first-order valence-electron chi connectivity index (χ1n) is 3.79. The van der Waals surface area contributed by atoms with Crippen molar-refractivity contribution in [2.24, 2.45) is 0 Å². The molecule has 76 valence electrons. The molecule has 0 saturated heterocycles. The molecule has 0 aromatic heterocycles. The van der Waals surface area contributed by atoms with Gasteiger partial charge < -0.3 is 9.32 Å². The average molecular weight is 216 g/mol. The molecule has 0 radical (unpaired) electrons. The molecule has 0 aliphatic carbocycles. The number of rotatable bonds is 4. The summed E-state index contributed by atoms with van der Waals surface area (Å²) in [6, 6.07) is 6.20. The maximum atomic E-state index is 10.5. The molecule has 14 heavy (non-hydrogen) atoms. The molecule has 1 rings (SSSR count). The second-order valence-electron chi connectivity index (χ2n) is 2.56. The van der Waals surface area contributed by atoms with Gasteiger partial charge in [-0.3, -0.25) is 9.79 Å². The van der Waals surface area contributed by atoms with Crippen LogP contribution in [0.15, 0.2) is 24.3 Å². The molecule has 0 fully saturated rings. The molecule has 0 saturated carbocycles. The lowest BCUT2D eigenvalue weighted by atomic mass is 10.1. The fraction of sp³-hybridized carbons (Fsp3) is 0.125. The fourth-order valence-corrected chi connectivity index (χ4v) is 1.41. The summed E-state index contributed by atoms with van der Waals surface area (Å²) in [4.78, 5) is 27.4. The Kier molecular flexibility index (Phi) is 3.41. The largest absolute Gasteiger partial charge is 0.524 e. The van der Waals surface area contributed by atoms with E-state index in [4.69, 9.17) is 9.79 Å². The maximum absolute atomic E-state index is 10.5. The van der Waals surface area contributed by atoms with Gasteiger partial charge in [-0.05, 0) is 6.07 Å². The van der Waals surface area contributed by atoms with Crippen molar-refractivity contribution in [2.45, 2.75) is 6.42 Å². The molecule has 6 heteroatoms. The zero-order chi connectivity index (χ0) is 10.6. The molecule has 2 N–H and O–H groups in total. The zero-order valence-corrected chi connectivity index (χ0v) is 8.05. The standard InChI is InChI=1S/C8H9O5P/c9-6-5-7-3-1-2-4-8(7)13-14(10,11)12/h1-4,6H,5H2,(H2,10,11,12). The van der Waals surface area contributed by atoms with Gasteiger partial charge in [-0.1, -0.05) is 18.2 Å². The Morgan fingerprint density at radius 2 is 2.00 bits per heavy atom. The Hall–Kier alpha value is -1.16. The van der Waals surface area contributed by atoms with Crippen molar-refractivity contribution in [3.8, 4) is 5.75 Å². The second-order valence-corrected chi connectivity index (χ2v) is 3.72. The van der Waals surface area contributed by atoms with Crippen LogP contribution in [0.3, 0.4) is 0 Å². The minimum atomic E-state index is -4.55. The molecule has 0 aliphatic heterocycles. The molecule has 0 spiro atoms. The van der Waals surface area contributed by atoms with Crippen molar-refractivity contribution in [3.05, 3.63) is 29.8 Å². The molecule has 0 atom stereocenters. The summed E-state index contributed by atoms with van der Waals surface area (Å²) in [6.07, 6.45) is 0.706. The van der Waals surface area contributed by atoms with Crippen molar-refractivity contribution in [1.82, 2.24) is 0 Å². The highest BCUT2D eigenvalue weighted by molar-refractivity contribution is 7.46. The monoisotopic (exact) mass is 216 g/mol. The van der Waals surface area contributed by atoms with Gasteiger partial charge in [0, 0.05) is 12.0 Å². The predicted octanol–water partition coefficient (Wildman–Crippen LogP) is 0.899. The van der Waals surface area contributed by atoms with Gasteiger partial charge in [-0.25, -0.2) is 4.57 Å². The van der Waals surface area contributed by atoms with Crippen LogP contribution in [0.25, 0.3) is 0 Å². The van der Waals surface area contributed by atoms with E-state index < -0.39 is 7.82 Å². The lowest BCUT2D eigenvalue weighted by Gasteiger charge is -2.09. The van der Waals surface area contributed by atoms with E-state index in [1.54, 1.807) is 18.2 Å². The van der Waals surface area contributed by atoms with Gasteiger partial charge >= 0.3 is 7.82 Å². The molecular weight excluding hydrogens is 207 g/mol. The van der Waals surface area contributed by atoms with E-state index in [-0.39, 0.29) is 12.2 Å². The van der Waals surface area contributed by atoms with E-state index in [1.165, 1.54) is 6.07 Å². The summed E-state index contributed by atoms with van der Waals surface area (Å²) in [5.41, 5.74) is 0.450. The van der Waals surface area contributed by atoms with E-state index in [0.717, 1.165) is 0 Å². The molecule has 0 heterocycles. The van der Waals surface area contributed by atoms with Crippen LogP contribution in [0.1, 0.15) is 5.56 Å². The summed E-state index contributed by atoms with van der Waals surface area (Å²) >= 11 is 0. The molecule has 1 aromatic rings. The van der Waals surface area contributed by atoms with Crippen molar-refractivity contribution in [1.29, 1.82) is 0 Å². The third-order valence-corrected chi connectivity index (χ3v) is 1.93. The highest BCUT2D eigenvalue weighted by Gasteiger charge is 2.17. The molecule has 0 bridgehead atoms. The van der Waals surface area contributed by atoms with Crippen LogP contribution < -0.4 is 4.52 Å². The molecule has 0 aliphatic rings. The van der Waals surface area contributed by atoms with Gasteiger partial charge in [0.15, 0.2) is 0 Å². The smallest absolute Gasteiger partial charge is 0.404 e. The van der Waals surface area contributed by atoms with Gasteiger partial charge in [-0.15, -0.1) is 0 Å². The van der Waals surface area contributed by atoms with Gasteiger partial charge in [-0.2, -0.15) is 0 Å². The number of hydrogen-bond acceptors (Lipinski definition) is 3. The Bertz CT molecular complexity index is 370. The number of phosphoric acid groups is 1. The quantitative estimate of drug-likeness (QED) is 0.577. The normalized spacial score (nSPS) is 11.0. The number of aldehydes is 1. The van der Waals surface area contributed by atoms with Crippen molar-refractivity contribution >= 4 is 14.1 Å². The lowest BCUT2D eigenvalue weighted by Crippen LogP contribution is -1.95. The number of phosphoric ester groups is 1. The molecule has 1 aromatic carbocycles. The number of carbonyl (C=O) groups excluding carboxylic acids is 1. The van der Waals surface area contributed by atoms with Crippen LogP contribution in [0.4, 0.5) is 0 Å². The first-order valence-corrected chi connectivity index (χ1v) is 5.32. The SMILES string of the molecule is O=CCc1ccccc1OP(=O)(O)O. The zero-order valence-electron chi connectivity index (χ0n) is 7.16. The predicted molar refractivity (Wildman–Crippen MR) is 48.9 cm³/mol. The van der Waals surface area contributed by atoms with Crippen LogP contribution in [0.5, 0.6) is 5.75 Å². The number of benzene rings is 1. The lowest BCUT2D eigenvalue weighted by molar-refractivity contribution is -0.107. The highest BCUT2D eigenvalue weighted by Crippen LogP contribution is 2.38. The van der Waals surface area contributed by atoms with E-state index in [9.17, 15) is 9.36 Å². The summed E-state index contributed by atoms with van der Waals surface area (Å²) in [6.45, 7) is 0. The third-order valence-electron chi connectivity index (χ3n) is 1.49. The van der Waals surface area contributed by atoms with Gasteiger partial charge in [0.1, 0.15) is 12.0 Å². The first-order chi connectivity index (χ1) is 6.53. The summed E-state index contributed by atoms with van der Waals surface area (Å²) in [5.74, 6) is 0.0351. The van der Waals surface area contributed by atoms with Crippen molar-refractivity contribution in [3.63, 3.8) is 0 Å². The fourth-order valence-electron chi connectivity index (χ4n) is 0.979. The maximum Gasteiger partial charge on any atom is 0.524 e. The Morgan fingerprint density at radius 3 is 2.57 bits per heavy atom. The van der Waals surface area contributed by atoms with Crippen molar-refractivity contribution < 1.29 is 23.7 Å². The summed E-state index contributed by atoms with van der Waals surface area (Å²) < 4.78 is 14.9. The van der Waals surface area contributed by atoms with Gasteiger partial charge in [0.05, 0.1) is 0 Å². The third kappa shape index (κ3) is 3.30. The average Bonchev–Trinajstić information content (AvgIpc) is 2.06. The summed E-state index contributed by atoms with van der Waals surface area (Å²) in [7, 11) is -4.55. The number of para-hydroxylation sites is 1. The van der Waals surface area contributed by atoms with E-state index in [0.29, 0.717) is 11.8 Å². The molecular formula is C8H9O5P. The number of hydrogen-bond donors (Lipinski definition) is 2. The Labute approximate surface area is 80.6 Å². The van der Waals surface area contributed by atoms with Crippen LogP contribution in [-0.4, -0.2) is 16.1 Å². The van der Waals surface area contributed by atoms with E-state index in [1.807, 2.05) is 0 Å².